The van der Waals surface area contributed by atoms with Crippen molar-refractivity contribution in [2.75, 3.05) is 6.54 Å². The highest BCUT2D eigenvalue weighted by Crippen LogP contribution is 2.44. The van der Waals surface area contributed by atoms with Crippen LogP contribution in [0.4, 0.5) is 0 Å². The average Bonchev–Trinajstić information content (AvgIpc) is 2.41. The fraction of sp³-hybridized carbons (Fsp3) is 0.647. The van der Waals surface area contributed by atoms with Crippen molar-refractivity contribution in [3.8, 4) is 0 Å². The van der Waals surface area contributed by atoms with Crippen molar-refractivity contribution in [1.82, 2.24) is 5.06 Å². The second kappa shape index (κ2) is 5.47. The lowest BCUT2D eigenvalue weighted by molar-refractivity contribution is -0.297. The maximum Gasteiger partial charge on any atom is 0.101 e. The Morgan fingerprint density at radius 2 is 1.80 bits per heavy atom. The summed E-state index contributed by atoms with van der Waals surface area (Å²) in [5, 5.41) is 12.3. The summed E-state index contributed by atoms with van der Waals surface area (Å²) < 4.78 is 0. The van der Waals surface area contributed by atoms with E-state index in [9.17, 15) is 5.11 Å². The van der Waals surface area contributed by atoms with E-state index in [1.165, 1.54) is 5.56 Å². The molecule has 2 unspecified atom stereocenters. The normalized spacial score (nSPS) is 27.2. The summed E-state index contributed by atoms with van der Waals surface area (Å²) in [6.07, 6.45) is 0.476. The summed E-state index contributed by atoms with van der Waals surface area (Å²) in [6.45, 7) is 11.3. The van der Waals surface area contributed by atoms with E-state index in [1.54, 1.807) is 0 Å². The number of aliphatic hydroxyl groups is 1. The minimum Gasteiger partial charge on any atom is -0.392 e. The molecule has 1 fully saturated rings. The number of rotatable bonds is 3. The van der Waals surface area contributed by atoms with Gasteiger partial charge in [-0.05, 0) is 32.8 Å². The molecule has 0 bridgehead atoms. The fourth-order valence-corrected chi connectivity index (χ4v) is 2.77. The minimum absolute atomic E-state index is 0.0153. The van der Waals surface area contributed by atoms with Gasteiger partial charge in [-0.2, -0.15) is 5.06 Å². The Balaban J connectivity index is 2.13. The van der Waals surface area contributed by atoms with Gasteiger partial charge >= 0.3 is 0 Å². The lowest BCUT2D eigenvalue weighted by Crippen LogP contribution is -2.62. The second-order valence-corrected chi connectivity index (χ2v) is 6.85. The fourth-order valence-electron chi connectivity index (χ4n) is 2.77. The Bertz CT molecular complexity index is 442. The van der Waals surface area contributed by atoms with Crippen LogP contribution in [0.1, 0.15) is 52.7 Å². The van der Waals surface area contributed by atoms with Gasteiger partial charge in [0.05, 0.1) is 6.10 Å². The maximum atomic E-state index is 10.3. The molecule has 1 aliphatic rings. The molecule has 1 saturated heterocycles. The van der Waals surface area contributed by atoms with E-state index in [1.807, 2.05) is 18.2 Å². The van der Waals surface area contributed by atoms with Crippen molar-refractivity contribution in [2.24, 2.45) is 5.41 Å². The van der Waals surface area contributed by atoms with Gasteiger partial charge in [0.25, 0.3) is 0 Å². The first-order valence-corrected chi connectivity index (χ1v) is 7.44. The van der Waals surface area contributed by atoms with E-state index in [-0.39, 0.29) is 23.2 Å². The SMILES string of the molecule is CC(ON1CCC(O)C(C)(C)C1(C)C)c1ccccc1. The Labute approximate surface area is 122 Å². The molecule has 0 aliphatic carbocycles. The van der Waals surface area contributed by atoms with Crippen molar-refractivity contribution in [2.45, 2.75) is 58.8 Å². The minimum atomic E-state index is -0.288. The van der Waals surface area contributed by atoms with Crippen LogP contribution >= 0.6 is 0 Å². The Morgan fingerprint density at radius 3 is 2.40 bits per heavy atom. The number of piperidine rings is 1. The molecule has 3 nitrogen and oxygen atoms in total. The van der Waals surface area contributed by atoms with Crippen LogP contribution in [0.3, 0.4) is 0 Å². The van der Waals surface area contributed by atoms with Crippen molar-refractivity contribution < 1.29 is 9.94 Å². The molecule has 0 spiro atoms. The van der Waals surface area contributed by atoms with Crippen LogP contribution in [0.5, 0.6) is 0 Å². The molecule has 1 aliphatic heterocycles. The van der Waals surface area contributed by atoms with Gasteiger partial charge in [-0.3, -0.25) is 4.84 Å². The molecule has 1 heterocycles. The summed E-state index contributed by atoms with van der Waals surface area (Å²) in [4.78, 5) is 6.20. The summed E-state index contributed by atoms with van der Waals surface area (Å²) in [7, 11) is 0. The van der Waals surface area contributed by atoms with Crippen LogP contribution in [0.25, 0.3) is 0 Å². The number of hydrogen-bond acceptors (Lipinski definition) is 3. The summed E-state index contributed by atoms with van der Waals surface area (Å²) in [5.41, 5.74) is 0.752. The first-order valence-electron chi connectivity index (χ1n) is 7.44. The molecular weight excluding hydrogens is 250 g/mol. The van der Waals surface area contributed by atoms with E-state index in [0.717, 1.165) is 13.0 Å². The maximum absolute atomic E-state index is 10.3. The molecule has 1 aromatic carbocycles. The zero-order valence-corrected chi connectivity index (χ0v) is 13.3. The molecule has 0 saturated carbocycles. The molecular formula is C17H27NO2. The summed E-state index contributed by atoms with van der Waals surface area (Å²) in [5.74, 6) is 0. The van der Waals surface area contributed by atoms with E-state index < -0.39 is 0 Å². The molecule has 2 atom stereocenters. The molecule has 0 radical (unpaired) electrons. The zero-order valence-electron chi connectivity index (χ0n) is 13.3. The smallest absolute Gasteiger partial charge is 0.101 e. The van der Waals surface area contributed by atoms with Crippen molar-refractivity contribution in [1.29, 1.82) is 0 Å². The van der Waals surface area contributed by atoms with Crippen LogP contribution in [-0.2, 0) is 4.84 Å². The molecule has 0 aromatic heterocycles. The van der Waals surface area contributed by atoms with Crippen LogP contribution in [0.2, 0.25) is 0 Å². The Hall–Kier alpha value is -0.900. The van der Waals surface area contributed by atoms with Gasteiger partial charge in [0.15, 0.2) is 0 Å². The highest BCUT2D eigenvalue weighted by Gasteiger charge is 2.50. The van der Waals surface area contributed by atoms with Crippen LogP contribution in [0.15, 0.2) is 30.3 Å². The molecule has 3 heteroatoms. The summed E-state index contributed by atoms with van der Waals surface area (Å²) in [6, 6.07) is 10.2. The van der Waals surface area contributed by atoms with Crippen LogP contribution in [0, 0.1) is 5.41 Å². The van der Waals surface area contributed by atoms with Crippen molar-refractivity contribution >= 4 is 0 Å². The number of hydrogen-bond donors (Lipinski definition) is 1. The van der Waals surface area contributed by atoms with Gasteiger partial charge in [0, 0.05) is 17.5 Å². The van der Waals surface area contributed by atoms with Crippen molar-refractivity contribution in [3.63, 3.8) is 0 Å². The number of nitrogens with zero attached hydrogens (tertiary/aromatic N) is 1. The Morgan fingerprint density at radius 1 is 1.20 bits per heavy atom. The monoisotopic (exact) mass is 277 g/mol. The lowest BCUT2D eigenvalue weighted by atomic mass is 9.67. The number of benzene rings is 1. The topological polar surface area (TPSA) is 32.7 Å². The molecule has 112 valence electrons. The first kappa shape index (κ1) is 15.5. The highest BCUT2D eigenvalue weighted by molar-refractivity contribution is 5.16. The van der Waals surface area contributed by atoms with Crippen LogP contribution < -0.4 is 0 Å². The average molecular weight is 277 g/mol. The Kier molecular flexibility index (Phi) is 4.24. The third-order valence-corrected chi connectivity index (χ3v) is 5.19. The van der Waals surface area contributed by atoms with E-state index in [0.29, 0.717) is 0 Å². The quantitative estimate of drug-likeness (QED) is 0.917. The largest absolute Gasteiger partial charge is 0.392 e. The van der Waals surface area contributed by atoms with Crippen molar-refractivity contribution in [3.05, 3.63) is 35.9 Å². The third kappa shape index (κ3) is 2.62. The molecule has 0 amide bonds. The van der Waals surface area contributed by atoms with Gasteiger partial charge in [-0.15, -0.1) is 0 Å². The number of hydroxylamine groups is 2. The van der Waals surface area contributed by atoms with Gasteiger partial charge in [0.1, 0.15) is 6.10 Å². The first-order chi connectivity index (χ1) is 9.26. The van der Waals surface area contributed by atoms with E-state index in [4.69, 9.17) is 4.84 Å². The molecule has 1 N–H and O–H groups in total. The van der Waals surface area contributed by atoms with Gasteiger partial charge < -0.3 is 5.11 Å². The molecule has 2 rings (SSSR count). The summed E-state index contributed by atoms with van der Waals surface area (Å²) >= 11 is 0. The third-order valence-electron chi connectivity index (χ3n) is 5.19. The van der Waals surface area contributed by atoms with E-state index in [2.05, 4.69) is 51.8 Å². The zero-order chi connectivity index (χ0) is 15.0. The van der Waals surface area contributed by atoms with Gasteiger partial charge in [-0.1, -0.05) is 44.2 Å². The second-order valence-electron chi connectivity index (χ2n) is 6.85. The molecule has 20 heavy (non-hydrogen) atoms. The van der Waals surface area contributed by atoms with Crippen LogP contribution in [-0.4, -0.2) is 28.4 Å². The predicted molar refractivity (Wildman–Crippen MR) is 81.1 cm³/mol. The standard InChI is InChI=1S/C17H27NO2/c1-13(14-9-7-6-8-10-14)20-18-12-11-15(19)16(2,3)17(18,4)5/h6-10,13,15,19H,11-12H2,1-5H3. The van der Waals surface area contributed by atoms with E-state index >= 15 is 0 Å². The molecule has 1 aromatic rings. The van der Waals surface area contributed by atoms with Gasteiger partial charge in [-0.25, -0.2) is 0 Å². The highest BCUT2D eigenvalue weighted by atomic mass is 16.7. The number of aliphatic hydroxyl groups excluding tert-OH is 1. The lowest BCUT2D eigenvalue weighted by Gasteiger charge is -2.55. The van der Waals surface area contributed by atoms with Gasteiger partial charge in [0.2, 0.25) is 0 Å². The predicted octanol–water partition coefficient (Wildman–Crippen LogP) is 3.55.